The van der Waals surface area contributed by atoms with Gasteiger partial charge in [0.25, 0.3) is 0 Å². The number of carbonyl (C=O) groups is 1. The molecule has 21 heavy (non-hydrogen) atoms. The molecule has 3 rings (SSSR count). The Hall–Kier alpha value is -2.75. The minimum absolute atomic E-state index is 0.306. The Morgan fingerprint density at radius 1 is 1.10 bits per heavy atom. The highest BCUT2D eigenvalue weighted by Gasteiger charge is 2.14. The van der Waals surface area contributed by atoms with Crippen molar-refractivity contribution >= 4 is 16.9 Å². The lowest BCUT2D eigenvalue weighted by Gasteiger charge is -2.08. The Kier molecular flexibility index (Phi) is 3.36. The molecule has 0 N–H and O–H groups in total. The highest BCUT2D eigenvalue weighted by Crippen LogP contribution is 2.20. The number of hydrogen-bond acceptors (Lipinski definition) is 3. The quantitative estimate of drug-likeness (QED) is 0.528. The zero-order valence-electron chi connectivity index (χ0n) is 11.3. The highest BCUT2D eigenvalue weighted by molar-refractivity contribution is 6.04. The van der Waals surface area contributed by atoms with Gasteiger partial charge in [-0.3, -0.25) is 4.98 Å². The summed E-state index contributed by atoms with van der Waals surface area (Å²) in [6.07, 6.45) is 0. The molecule has 4 heteroatoms. The molecule has 0 fully saturated rings. The molecule has 0 saturated carbocycles. The number of para-hydroxylation sites is 1. The Morgan fingerprint density at radius 2 is 1.81 bits per heavy atom. The van der Waals surface area contributed by atoms with Crippen molar-refractivity contribution in [3.63, 3.8) is 0 Å². The summed E-state index contributed by atoms with van der Waals surface area (Å²) in [6, 6.07) is 14.4. The summed E-state index contributed by atoms with van der Waals surface area (Å²) in [5.41, 5.74) is 1.92. The van der Waals surface area contributed by atoms with Crippen LogP contribution in [0.3, 0.4) is 0 Å². The van der Waals surface area contributed by atoms with Crippen molar-refractivity contribution in [2.45, 2.75) is 6.92 Å². The van der Waals surface area contributed by atoms with Gasteiger partial charge < -0.3 is 4.74 Å². The van der Waals surface area contributed by atoms with Crippen LogP contribution in [0.25, 0.3) is 10.9 Å². The fourth-order valence-corrected chi connectivity index (χ4v) is 2.14. The van der Waals surface area contributed by atoms with E-state index >= 15 is 0 Å². The molecule has 3 aromatic rings. The van der Waals surface area contributed by atoms with Gasteiger partial charge >= 0.3 is 5.97 Å². The molecule has 0 aliphatic rings. The molecule has 0 atom stereocenters. The summed E-state index contributed by atoms with van der Waals surface area (Å²) in [4.78, 5) is 16.7. The minimum atomic E-state index is -0.483. The second-order valence-corrected chi connectivity index (χ2v) is 4.67. The number of benzene rings is 2. The van der Waals surface area contributed by atoms with E-state index in [1.165, 1.54) is 24.3 Å². The maximum Gasteiger partial charge on any atom is 0.344 e. The van der Waals surface area contributed by atoms with Gasteiger partial charge in [-0.25, -0.2) is 9.18 Å². The predicted molar refractivity (Wildman–Crippen MR) is 77.8 cm³/mol. The van der Waals surface area contributed by atoms with Crippen molar-refractivity contribution in [2.75, 3.05) is 0 Å². The van der Waals surface area contributed by atoms with Gasteiger partial charge in [-0.05, 0) is 43.3 Å². The smallest absolute Gasteiger partial charge is 0.344 e. The zero-order valence-corrected chi connectivity index (χ0v) is 11.3. The van der Waals surface area contributed by atoms with Crippen LogP contribution in [0.2, 0.25) is 0 Å². The third-order valence-electron chi connectivity index (χ3n) is 3.09. The van der Waals surface area contributed by atoms with E-state index in [1.54, 1.807) is 6.07 Å². The molecule has 0 spiro atoms. The van der Waals surface area contributed by atoms with Crippen molar-refractivity contribution < 1.29 is 13.9 Å². The molecule has 1 heterocycles. The fourth-order valence-electron chi connectivity index (χ4n) is 2.14. The number of halogens is 1. The molecular weight excluding hydrogens is 269 g/mol. The van der Waals surface area contributed by atoms with Gasteiger partial charge in [-0.15, -0.1) is 0 Å². The van der Waals surface area contributed by atoms with Crippen molar-refractivity contribution in [3.05, 3.63) is 71.7 Å². The van der Waals surface area contributed by atoms with E-state index in [4.69, 9.17) is 4.74 Å². The largest absolute Gasteiger partial charge is 0.423 e. The number of fused-ring (bicyclic) bond motifs is 1. The molecule has 0 amide bonds. The first kappa shape index (κ1) is 13.2. The molecular formula is C17H12FNO2. The van der Waals surface area contributed by atoms with Gasteiger partial charge in [0, 0.05) is 11.1 Å². The standard InChI is InChI=1S/C17H12FNO2/c1-11-10-15(14-4-2-3-5-16(14)19-11)17(20)21-13-8-6-12(18)7-9-13/h2-10H,1H3. The first-order valence-electron chi connectivity index (χ1n) is 6.47. The number of carbonyl (C=O) groups excluding carboxylic acids is 1. The van der Waals surface area contributed by atoms with E-state index in [0.717, 1.165) is 16.6 Å². The van der Waals surface area contributed by atoms with Gasteiger partial charge in [0.05, 0.1) is 11.1 Å². The highest BCUT2D eigenvalue weighted by atomic mass is 19.1. The first-order valence-corrected chi connectivity index (χ1v) is 6.47. The molecule has 0 saturated heterocycles. The van der Waals surface area contributed by atoms with Crippen molar-refractivity contribution in [1.82, 2.24) is 4.98 Å². The zero-order chi connectivity index (χ0) is 14.8. The number of hydrogen-bond donors (Lipinski definition) is 0. The average molecular weight is 281 g/mol. The Morgan fingerprint density at radius 3 is 2.57 bits per heavy atom. The van der Waals surface area contributed by atoms with Gasteiger partial charge in [0.15, 0.2) is 0 Å². The van der Waals surface area contributed by atoms with Gasteiger partial charge in [0.1, 0.15) is 11.6 Å². The first-order chi connectivity index (χ1) is 10.1. The van der Waals surface area contributed by atoms with Crippen LogP contribution in [-0.4, -0.2) is 11.0 Å². The van der Waals surface area contributed by atoms with Crippen LogP contribution in [0.1, 0.15) is 16.1 Å². The minimum Gasteiger partial charge on any atom is -0.423 e. The van der Waals surface area contributed by atoms with Gasteiger partial charge in [-0.2, -0.15) is 0 Å². The Balaban J connectivity index is 1.99. The van der Waals surface area contributed by atoms with Crippen molar-refractivity contribution in [2.24, 2.45) is 0 Å². The lowest BCUT2D eigenvalue weighted by molar-refractivity contribution is 0.0736. The van der Waals surface area contributed by atoms with E-state index in [9.17, 15) is 9.18 Å². The normalized spacial score (nSPS) is 10.6. The van der Waals surface area contributed by atoms with E-state index in [2.05, 4.69) is 4.98 Å². The summed E-state index contributed by atoms with van der Waals surface area (Å²) in [5, 5.41) is 0.732. The maximum absolute atomic E-state index is 12.9. The SMILES string of the molecule is Cc1cc(C(=O)Oc2ccc(F)cc2)c2ccccc2n1. The number of nitrogens with zero attached hydrogens (tertiary/aromatic N) is 1. The topological polar surface area (TPSA) is 39.2 Å². The molecule has 1 aromatic heterocycles. The van der Waals surface area contributed by atoms with E-state index < -0.39 is 5.97 Å². The van der Waals surface area contributed by atoms with E-state index in [0.29, 0.717) is 11.3 Å². The number of rotatable bonds is 2. The molecule has 0 unspecified atom stereocenters. The van der Waals surface area contributed by atoms with Crippen LogP contribution in [-0.2, 0) is 0 Å². The predicted octanol–water partition coefficient (Wildman–Crippen LogP) is 3.90. The molecule has 0 radical (unpaired) electrons. The lowest BCUT2D eigenvalue weighted by atomic mass is 10.1. The number of pyridine rings is 1. The number of ether oxygens (including phenoxy) is 1. The Labute approximate surface area is 121 Å². The second-order valence-electron chi connectivity index (χ2n) is 4.67. The second kappa shape index (κ2) is 5.32. The summed E-state index contributed by atoms with van der Waals surface area (Å²) >= 11 is 0. The molecule has 0 aliphatic heterocycles. The van der Waals surface area contributed by atoms with Gasteiger partial charge in [0.2, 0.25) is 0 Å². The average Bonchev–Trinajstić information content (AvgIpc) is 2.48. The molecule has 0 aliphatic carbocycles. The van der Waals surface area contributed by atoms with Gasteiger partial charge in [-0.1, -0.05) is 18.2 Å². The number of aromatic nitrogens is 1. The summed E-state index contributed by atoms with van der Waals surface area (Å²) in [6.45, 7) is 1.82. The summed E-state index contributed by atoms with van der Waals surface area (Å²) in [7, 11) is 0. The maximum atomic E-state index is 12.9. The van der Waals surface area contributed by atoms with Crippen LogP contribution in [0, 0.1) is 12.7 Å². The van der Waals surface area contributed by atoms with Crippen LogP contribution >= 0.6 is 0 Å². The molecule has 104 valence electrons. The third-order valence-corrected chi connectivity index (χ3v) is 3.09. The summed E-state index contributed by atoms with van der Waals surface area (Å²) in [5.74, 6) is -0.553. The number of esters is 1. The third kappa shape index (κ3) is 2.74. The number of aryl methyl sites for hydroxylation is 1. The van der Waals surface area contributed by atoms with Crippen LogP contribution < -0.4 is 4.74 Å². The van der Waals surface area contributed by atoms with Crippen molar-refractivity contribution in [3.8, 4) is 5.75 Å². The van der Waals surface area contributed by atoms with E-state index in [1.807, 2.05) is 31.2 Å². The molecule has 3 nitrogen and oxygen atoms in total. The molecule has 2 aromatic carbocycles. The summed E-state index contributed by atoms with van der Waals surface area (Å²) < 4.78 is 18.1. The van der Waals surface area contributed by atoms with Crippen molar-refractivity contribution in [1.29, 1.82) is 0 Å². The van der Waals surface area contributed by atoms with Crippen LogP contribution in [0.5, 0.6) is 5.75 Å². The Bertz CT molecular complexity index is 813. The lowest BCUT2D eigenvalue weighted by Crippen LogP contribution is -2.10. The van der Waals surface area contributed by atoms with Crippen LogP contribution in [0.15, 0.2) is 54.6 Å². The van der Waals surface area contributed by atoms with Crippen LogP contribution in [0.4, 0.5) is 4.39 Å². The van der Waals surface area contributed by atoms with E-state index in [-0.39, 0.29) is 5.82 Å². The fraction of sp³-hybridized carbons (Fsp3) is 0.0588. The molecule has 0 bridgehead atoms. The monoisotopic (exact) mass is 281 g/mol.